The number of ether oxygens (including phenoxy) is 2. The van der Waals surface area contributed by atoms with Gasteiger partial charge in [0.25, 0.3) is 0 Å². The minimum atomic E-state index is 0.184. The number of hydrogen-bond donors (Lipinski definition) is 0. The van der Waals surface area contributed by atoms with Crippen LogP contribution in [0.4, 0.5) is 0 Å². The molecule has 0 spiro atoms. The highest BCUT2D eigenvalue weighted by atomic mass is 16.7. The van der Waals surface area contributed by atoms with Crippen molar-refractivity contribution >= 4 is 21.5 Å². The van der Waals surface area contributed by atoms with Gasteiger partial charge < -0.3 is 9.47 Å². The maximum absolute atomic E-state index is 6.10. The topological polar surface area (TPSA) is 18.5 Å². The second-order valence-corrected chi connectivity index (χ2v) is 9.71. The molecule has 4 aromatic carbocycles. The highest BCUT2D eigenvalue weighted by Gasteiger charge is 2.27. The summed E-state index contributed by atoms with van der Waals surface area (Å²) in [6, 6.07) is 26.3. The number of rotatable bonds is 7. The van der Waals surface area contributed by atoms with Crippen molar-refractivity contribution in [3.63, 3.8) is 0 Å². The van der Waals surface area contributed by atoms with Gasteiger partial charge in [-0.3, -0.25) is 0 Å². The molecular weight excluding hydrogens is 392 g/mol. The molecule has 4 rings (SSSR count). The zero-order valence-electron chi connectivity index (χ0n) is 19.9. The van der Waals surface area contributed by atoms with E-state index in [0.29, 0.717) is 5.92 Å². The second-order valence-electron chi connectivity index (χ2n) is 9.71. The van der Waals surface area contributed by atoms with Crippen molar-refractivity contribution in [2.24, 2.45) is 5.41 Å². The van der Waals surface area contributed by atoms with Crippen LogP contribution in [0.3, 0.4) is 0 Å². The van der Waals surface area contributed by atoms with Crippen LogP contribution in [-0.4, -0.2) is 13.9 Å². The summed E-state index contributed by atoms with van der Waals surface area (Å²) in [5.74, 6) is 1.34. The Morgan fingerprint density at radius 1 is 0.812 bits per heavy atom. The predicted octanol–water partition coefficient (Wildman–Crippen LogP) is 8.57. The Kier molecular flexibility index (Phi) is 6.53. The SMILES string of the molecule is CCCC(c1ccc(OCOC)c(-c2c3ccccc3cc3ccccc23)c1)C(C)(C)C. The van der Waals surface area contributed by atoms with Crippen molar-refractivity contribution in [1.29, 1.82) is 0 Å². The molecule has 0 aromatic heterocycles. The van der Waals surface area contributed by atoms with Crippen LogP contribution in [0, 0.1) is 5.41 Å². The van der Waals surface area contributed by atoms with Gasteiger partial charge in [0.2, 0.25) is 0 Å². The van der Waals surface area contributed by atoms with Gasteiger partial charge in [0.1, 0.15) is 5.75 Å². The summed E-state index contributed by atoms with van der Waals surface area (Å²) < 4.78 is 11.4. The van der Waals surface area contributed by atoms with Crippen LogP contribution in [0.5, 0.6) is 5.75 Å². The lowest BCUT2D eigenvalue weighted by Gasteiger charge is -2.32. The molecule has 0 radical (unpaired) electrons. The van der Waals surface area contributed by atoms with Crippen LogP contribution in [-0.2, 0) is 4.74 Å². The third kappa shape index (κ3) is 4.38. The van der Waals surface area contributed by atoms with Gasteiger partial charge in [0.15, 0.2) is 6.79 Å². The highest BCUT2D eigenvalue weighted by Crippen LogP contribution is 2.45. The van der Waals surface area contributed by atoms with E-state index >= 15 is 0 Å². The molecule has 1 unspecified atom stereocenters. The fraction of sp³-hybridized carbons (Fsp3) is 0.333. The van der Waals surface area contributed by atoms with E-state index in [1.165, 1.54) is 32.7 Å². The van der Waals surface area contributed by atoms with Crippen molar-refractivity contribution in [3.05, 3.63) is 78.4 Å². The zero-order chi connectivity index (χ0) is 22.7. The minimum absolute atomic E-state index is 0.184. The average molecular weight is 427 g/mol. The van der Waals surface area contributed by atoms with E-state index in [9.17, 15) is 0 Å². The molecule has 0 saturated heterocycles. The molecule has 1 atom stereocenters. The van der Waals surface area contributed by atoms with E-state index in [2.05, 4.69) is 100 Å². The monoisotopic (exact) mass is 426 g/mol. The molecule has 0 amide bonds. The maximum atomic E-state index is 6.10. The molecule has 0 aliphatic rings. The van der Waals surface area contributed by atoms with Gasteiger partial charge in [-0.05, 0) is 63.1 Å². The fourth-order valence-corrected chi connectivity index (χ4v) is 4.90. The van der Waals surface area contributed by atoms with Gasteiger partial charge in [0, 0.05) is 18.2 Å². The summed E-state index contributed by atoms with van der Waals surface area (Å²) in [7, 11) is 1.66. The molecule has 0 bridgehead atoms. The molecule has 2 heteroatoms. The third-order valence-corrected chi connectivity index (χ3v) is 6.40. The average Bonchev–Trinajstić information content (AvgIpc) is 2.79. The fourth-order valence-electron chi connectivity index (χ4n) is 4.90. The standard InChI is InChI=1S/C30H34O2/c1-6-11-27(30(2,3)4)23-16-17-28(32-20-31-5)26(19-23)29-24-14-9-7-12-21(24)18-22-13-8-10-15-25(22)29/h7-10,12-19,27H,6,11,20H2,1-5H3. The van der Waals surface area contributed by atoms with Gasteiger partial charge in [-0.15, -0.1) is 0 Å². The van der Waals surface area contributed by atoms with E-state index in [-0.39, 0.29) is 12.2 Å². The van der Waals surface area contributed by atoms with E-state index in [1.54, 1.807) is 7.11 Å². The second kappa shape index (κ2) is 9.34. The van der Waals surface area contributed by atoms with Crippen LogP contribution in [0.25, 0.3) is 32.7 Å². The first-order chi connectivity index (χ1) is 15.4. The maximum Gasteiger partial charge on any atom is 0.188 e. The Hall–Kier alpha value is -2.84. The number of benzene rings is 4. The molecule has 2 nitrogen and oxygen atoms in total. The van der Waals surface area contributed by atoms with Crippen LogP contribution >= 0.6 is 0 Å². The smallest absolute Gasteiger partial charge is 0.188 e. The van der Waals surface area contributed by atoms with Gasteiger partial charge in [-0.1, -0.05) is 88.7 Å². The Morgan fingerprint density at radius 2 is 1.44 bits per heavy atom. The van der Waals surface area contributed by atoms with Crippen LogP contribution in [0.2, 0.25) is 0 Å². The van der Waals surface area contributed by atoms with Crippen molar-refractivity contribution in [3.8, 4) is 16.9 Å². The molecule has 0 N–H and O–H groups in total. The lowest BCUT2D eigenvalue weighted by atomic mass is 9.73. The Bertz CT molecular complexity index is 1160. The van der Waals surface area contributed by atoms with E-state index in [0.717, 1.165) is 24.2 Å². The van der Waals surface area contributed by atoms with Gasteiger partial charge in [0.05, 0.1) is 0 Å². The third-order valence-electron chi connectivity index (χ3n) is 6.40. The highest BCUT2D eigenvalue weighted by molar-refractivity contribution is 6.13. The summed E-state index contributed by atoms with van der Waals surface area (Å²) in [4.78, 5) is 0. The predicted molar refractivity (Wildman–Crippen MR) is 136 cm³/mol. The van der Waals surface area contributed by atoms with E-state index in [1.807, 2.05) is 0 Å². The molecular formula is C30H34O2. The lowest BCUT2D eigenvalue weighted by Crippen LogP contribution is -2.18. The summed E-state index contributed by atoms with van der Waals surface area (Å²) in [6.07, 6.45) is 2.33. The Balaban J connectivity index is 2.04. The summed E-state index contributed by atoms with van der Waals surface area (Å²) in [5, 5.41) is 4.97. The summed E-state index contributed by atoms with van der Waals surface area (Å²) in [5.41, 5.74) is 3.92. The largest absolute Gasteiger partial charge is 0.467 e. The first-order valence-electron chi connectivity index (χ1n) is 11.6. The van der Waals surface area contributed by atoms with Crippen molar-refractivity contribution in [2.45, 2.75) is 46.5 Å². The first-order valence-corrected chi connectivity index (χ1v) is 11.6. The molecule has 0 heterocycles. The van der Waals surface area contributed by atoms with Crippen molar-refractivity contribution in [1.82, 2.24) is 0 Å². The quantitative estimate of drug-likeness (QED) is 0.218. The van der Waals surface area contributed by atoms with Crippen molar-refractivity contribution in [2.75, 3.05) is 13.9 Å². The Morgan fingerprint density at radius 3 is 2.00 bits per heavy atom. The number of hydrogen-bond acceptors (Lipinski definition) is 2. The molecule has 0 fully saturated rings. The number of fused-ring (bicyclic) bond motifs is 2. The van der Waals surface area contributed by atoms with E-state index < -0.39 is 0 Å². The molecule has 32 heavy (non-hydrogen) atoms. The minimum Gasteiger partial charge on any atom is -0.467 e. The first kappa shape index (κ1) is 22.4. The van der Waals surface area contributed by atoms with Crippen LogP contribution in [0.15, 0.2) is 72.8 Å². The van der Waals surface area contributed by atoms with Gasteiger partial charge in [-0.2, -0.15) is 0 Å². The lowest BCUT2D eigenvalue weighted by molar-refractivity contribution is 0.0515. The molecule has 166 valence electrons. The normalized spacial score (nSPS) is 12.9. The summed E-state index contributed by atoms with van der Waals surface area (Å²) in [6.45, 7) is 9.53. The Labute approximate surface area is 192 Å². The van der Waals surface area contributed by atoms with Crippen LogP contribution < -0.4 is 4.74 Å². The molecule has 0 aliphatic heterocycles. The molecule has 0 aliphatic carbocycles. The van der Waals surface area contributed by atoms with Crippen LogP contribution in [0.1, 0.15) is 52.0 Å². The number of methoxy groups -OCH3 is 1. The summed E-state index contributed by atoms with van der Waals surface area (Å²) >= 11 is 0. The van der Waals surface area contributed by atoms with Crippen molar-refractivity contribution < 1.29 is 9.47 Å². The van der Waals surface area contributed by atoms with Gasteiger partial charge >= 0.3 is 0 Å². The molecule has 0 saturated carbocycles. The van der Waals surface area contributed by atoms with E-state index in [4.69, 9.17) is 9.47 Å². The molecule has 4 aromatic rings. The zero-order valence-corrected chi connectivity index (χ0v) is 19.9. The van der Waals surface area contributed by atoms with Gasteiger partial charge in [-0.25, -0.2) is 0 Å².